The molecule has 0 spiro atoms. The summed E-state index contributed by atoms with van der Waals surface area (Å²) in [5, 5.41) is 16.0. The molecule has 1 aromatic heterocycles. The fraction of sp³-hybridized carbons (Fsp3) is 0.333. The van der Waals surface area contributed by atoms with Crippen molar-refractivity contribution in [1.82, 2.24) is 10.2 Å². The van der Waals surface area contributed by atoms with Crippen LogP contribution in [-0.2, 0) is 14.3 Å². The van der Waals surface area contributed by atoms with Crippen LogP contribution in [0.1, 0.15) is 18.5 Å². The van der Waals surface area contributed by atoms with Crippen LogP contribution in [0.4, 0.5) is 0 Å². The third kappa shape index (κ3) is 2.90. The number of hydrogen-bond acceptors (Lipinski definition) is 5. The van der Waals surface area contributed by atoms with Gasteiger partial charge in [0.05, 0.1) is 12.3 Å². The van der Waals surface area contributed by atoms with Crippen LogP contribution >= 0.6 is 11.6 Å². The molecular weight excluding hydrogens is 236 g/mol. The van der Waals surface area contributed by atoms with Gasteiger partial charge in [-0.2, -0.15) is 5.10 Å². The lowest BCUT2D eigenvalue weighted by Gasteiger charge is -2.09. The summed E-state index contributed by atoms with van der Waals surface area (Å²) in [5.74, 6) is -3.67. The molecule has 0 bridgehead atoms. The molecule has 1 unspecified atom stereocenters. The highest BCUT2D eigenvalue weighted by molar-refractivity contribution is 6.29. The fourth-order valence-corrected chi connectivity index (χ4v) is 1.15. The van der Waals surface area contributed by atoms with E-state index in [1.54, 1.807) is 6.92 Å². The van der Waals surface area contributed by atoms with E-state index in [1.165, 1.54) is 12.1 Å². The maximum absolute atomic E-state index is 11.4. The molecule has 1 atom stereocenters. The lowest BCUT2D eigenvalue weighted by Crippen LogP contribution is -2.25. The molecule has 0 amide bonds. The van der Waals surface area contributed by atoms with Crippen LogP contribution in [-0.4, -0.2) is 33.8 Å². The van der Waals surface area contributed by atoms with Crippen molar-refractivity contribution in [3.63, 3.8) is 0 Å². The standard InChI is InChI=1S/C9H9ClN2O4/c1-2-16-9(15)7(8(13)14)5-3-4-6(10)12-11-5/h3-4,7H,2H2,1H3,(H,13,14). The monoisotopic (exact) mass is 244 g/mol. The highest BCUT2D eigenvalue weighted by atomic mass is 35.5. The number of halogens is 1. The Morgan fingerprint density at radius 3 is 2.62 bits per heavy atom. The quantitative estimate of drug-likeness (QED) is 0.624. The van der Waals surface area contributed by atoms with Gasteiger partial charge in [-0.15, -0.1) is 5.10 Å². The first-order valence-electron chi connectivity index (χ1n) is 4.44. The minimum absolute atomic E-state index is 0.00431. The van der Waals surface area contributed by atoms with Gasteiger partial charge in [-0.05, 0) is 19.1 Å². The van der Waals surface area contributed by atoms with E-state index in [2.05, 4.69) is 14.9 Å². The van der Waals surface area contributed by atoms with Gasteiger partial charge in [0.25, 0.3) is 0 Å². The number of ether oxygens (including phenoxy) is 1. The lowest BCUT2D eigenvalue weighted by atomic mass is 10.1. The Bertz CT molecular complexity index is 393. The number of hydrogen-bond donors (Lipinski definition) is 1. The van der Waals surface area contributed by atoms with Gasteiger partial charge >= 0.3 is 11.9 Å². The van der Waals surface area contributed by atoms with Crippen molar-refractivity contribution in [2.24, 2.45) is 0 Å². The zero-order chi connectivity index (χ0) is 12.1. The SMILES string of the molecule is CCOC(=O)C(C(=O)O)c1ccc(Cl)nn1. The topological polar surface area (TPSA) is 89.4 Å². The van der Waals surface area contributed by atoms with Crippen molar-refractivity contribution < 1.29 is 19.4 Å². The number of esters is 1. The summed E-state index contributed by atoms with van der Waals surface area (Å²) in [6, 6.07) is 2.68. The van der Waals surface area contributed by atoms with Gasteiger partial charge in [0.1, 0.15) is 0 Å². The molecule has 0 aliphatic heterocycles. The summed E-state index contributed by atoms with van der Waals surface area (Å²) in [4.78, 5) is 22.3. The zero-order valence-corrected chi connectivity index (χ0v) is 9.14. The van der Waals surface area contributed by atoms with Crippen LogP contribution in [0.2, 0.25) is 5.15 Å². The predicted molar refractivity (Wildman–Crippen MR) is 54.1 cm³/mol. The molecule has 1 N–H and O–H groups in total. The number of carboxylic acids is 1. The van der Waals surface area contributed by atoms with Gasteiger partial charge in [-0.1, -0.05) is 11.6 Å². The summed E-state index contributed by atoms with van der Waals surface area (Å²) in [6.07, 6.45) is 0. The van der Waals surface area contributed by atoms with Crippen molar-refractivity contribution in [1.29, 1.82) is 0 Å². The highest BCUT2D eigenvalue weighted by Crippen LogP contribution is 2.16. The van der Waals surface area contributed by atoms with Crippen LogP contribution in [0.3, 0.4) is 0 Å². The van der Waals surface area contributed by atoms with Crippen molar-refractivity contribution in [3.05, 3.63) is 23.0 Å². The average Bonchev–Trinajstić information content (AvgIpc) is 2.21. The van der Waals surface area contributed by atoms with E-state index >= 15 is 0 Å². The molecule has 1 aromatic rings. The second-order valence-corrected chi connectivity index (χ2v) is 3.19. The molecule has 0 aliphatic carbocycles. The van der Waals surface area contributed by atoms with Crippen molar-refractivity contribution >= 4 is 23.5 Å². The molecule has 1 heterocycles. The van der Waals surface area contributed by atoms with Gasteiger partial charge < -0.3 is 9.84 Å². The number of nitrogens with zero attached hydrogens (tertiary/aromatic N) is 2. The smallest absolute Gasteiger partial charge is 0.326 e. The van der Waals surface area contributed by atoms with Gasteiger partial charge in [0, 0.05) is 0 Å². The van der Waals surface area contributed by atoms with E-state index in [0.29, 0.717) is 0 Å². The number of rotatable bonds is 4. The number of aromatic nitrogens is 2. The van der Waals surface area contributed by atoms with Crippen LogP contribution < -0.4 is 0 Å². The molecule has 0 saturated carbocycles. The van der Waals surface area contributed by atoms with Crippen molar-refractivity contribution in [2.45, 2.75) is 12.8 Å². The minimum atomic E-state index is -1.47. The van der Waals surface area contributed by atoms with E-state index in [9.17, 15) is 9.59 Å². The average molecular weight is 245 g/mol. The Morgan fingerprint density at radius 2 is 2.19 bits per heavy atom. The Kier molecular flexibility index (Phi) is 4.19. The summed E-state index contributed by atoms with van der Waals surface area (Å²) in [6.45, 7) is 1.69. The van der Waals surface area contributed by atoms with Crippen molar-refractivity contribution in [2.75, 3.05) is 6.61 Å². The van der Waals surface area contributed by atoms with Crippen LogP contribution in [0.25, 0.3) is 0 Å². The maximum Gasteiger partial charge on any atom is 0.326 e. The third-order valence-corrected chi connectivity index (χ3v) is 1.92. The Balaban J connectivity index is 2.98. The Morgan fingerprint density at radius 1 is 1.50 bits per heavy atom. The molecule has 1 rings (SSSR count). The molecule has 86 valence electrons. The van der Waals surface area contributed by atoms with E-state index in [-0.39, 0.29) is 17.5 Å². The molecule has 7 heteroatoms. The van der Waals surface area contributed by atoms with Gasteiger partial charge in [-0.25, -0.2) is 0 Å². The first-order valence-corrected chi connectivity index (χ1v) is 4.82. The second kappa shape index (κ2) is 5.41. The van der Waals surface area contributed by atoms with Gasteiger partial charge in [0.15, 0.2) is 11.1 Å². The summed E-state index contributed by atoms with van der Waals surface area (Å²) >= 11 is 5.50. The Hall–Kier alpha value is -1.69. The van der Waals surface area contributed by atoms with E-state index in [0.717, 1.165) is 0 Å². The summed E-state index contributed by atoms with van der Waals surface area (Å²) < 4.78 is 4.63. The van der Waals surface area contributed by atoms with E-state index in [4.69, 9.17) is 16.7 Å². The van der Waals surface area contributed by atoms with Gasteiger partial charge in [-0.3, -0.25) is 9.59 Å². The molecule has 0 aromatic carbocycles. The molecule has 0 radical (unpaired) electrons. The molecule has 0 aliphatic rings. The molecule has 16 heavy (non-hydrogen) atoms. The third-order valence-electron chi connectivity index (χ3n) is 1.72. The normalized spacial score (nSPS) is 11.9. The van der Waals surface area contributed by atoms with E-state index < -0.39 is 17.9 Å². The van der Waals surface area contributed by atoms with Crippen LogP contribution in [0.5, 0.6) is 0 Å². The summed E-state index contributed by atoms with van der Waals surface area (Å²) in [7, 11) is 0. The lowest BCUT2D eigenvalue weighted by molar-refractivity contribution is -0.153. The highest BCUT2D eigenvalue weighted by Gasteiger charge is 2.31. The largest absolute Gasteiger partial charge is 0.480 e. The molecule has 6 nitrogen and oxygen atoms in total. The first-order chi connectivity index (χ1) is 7.56. The first kappa shape index (κ1) is 12.4. The maximum atomic E-state index is 11.4. The number of aliphatic carboxylic acids is 1. The number of carbonyl (C=O) groups excluding carboxylic acids is 1. The van der Waals surface area contributed by atoms with Crippen LogP contribution in [0, 0.1) is 0 Å². The van der Waals surface area contributed by atoms with Gasteiger partial charge in [0.2, 0.25) is 0 Å². The molecule has 0 fully saturated rings. The van der Waals surface area contributed by atoms with Crippen molar-refractivity contribution in [3.8, 4) is 0 Å². The zero-order valence-electron chi connectivity index (χ0n) is 8.38. The second-order valence-electron chi connectivity index (χ2n) is 2.80. The fourth-order valence-electron chi connectivity index (χ4n) is 1.05. The predicted octanol–water partition coefficient (Wildman–Crippen LogP) is 0.861. The molecular formula is C9H9ClN2O4. The number of carbonyl (C=O) groups is 2. The number of carboxylic acid groups (broad SMARTS) is 1. The summed E-state index contributed by atoms with van der Waals surface area (Å²) in [5.41, 5.74) is -0.00431. The van der Waals surface area contributed by atoms with Crippen LogP contribution in [0.15, 0.2) is 12.1 Å². The van der Waals surface area contributed by atoms with E-state index in [1.807, 2.05) is 0 Å². The minimum Gasteiger partial charge on any atom is -0.480 e. The molecule has 0 saturated heterocycles. The Labute approximate surface area is 96.2 Å².